The van der Waals surface area contributed by atoms with Gasteiger partial charge in [-0.2, -0.15) is 0 Å². The third-order valence-corrected chi connectivity index (χ3v) is 10.7. The summed E-state index contributed by atoms with van der Waals surface area (Å²) in [6, 6.07) is -8.94. The fourth-order valence-electron chi connectivity index (χ4n) is 6.43. The number of rotatable bonds is 31. The second-order valence-electron chi connectivity index (χ2n) is 17.4. The normalized spacial score (nSPS) is 16.4. The van der Waals surface area contributed by atoms with E-state index in [1.807, 2.05) is 0 Å². The van der Waals surface area contributed by atoms with E-state index >= 15 is 0 Å². The maximum Gasteiger partial charge on any atom is 0.325 e. The lowest BCUT2D eigenvalue weighted by molar-refractivity contribution is -0.141. The van der Waals surface area contributed by atoms with Crippen LogP contribution in [-0.2, 0) is 64.0 Å². The Bertz CT molecular complexity index is 2150. The molecule has 11 amide bonds. The van der Waals surface area contributed by atoms with Gasteiger partial charge in [0.1, 0.15) is 60.4 Å². The minimum atomic E-state index is -1.98. The highest BCUT2D eigenvalue weighted by Crippen LogP contribution is 2.09. The Balaban J connectivity index is 3.32. The van der Waals surface area contributed by atoms with Crippen molar-refractivity contribution in [3.8, 4) is 0 Å². The van der Waals surface area contributed by atoms with E-state index in [0.29, 0.717) is 5.56 Å². The number of hydrogen-bond acceptors (Lipinski definition) is 18. The van der Waals surface area contributed by atoms with Gasteiger partial charge in [-0.05, 0) is 46.1 Å². The van der Waals surface area contributed by atoms with E-state index < -0.39 is 182 Å². The van der Waals surface area contributed by atoms with Gasteiger partial charge >= 0.3 is 5.97 Å². The number of aliphatic carboxylic acids is 1. The van der Waals surface area contributed by atoms with Crippen molar-refractivity contribution in [3.05, 3.63) is 35.9 Å². The first-order valence-corrected chi connectivity index (χ1v) is 23.0. The van der Waals surface area contributed by atoms with Crippen molar-refractivity contribution in [3.63, 3.8) is 0 Å². The van der Waals surface area contributed by atoms with Crippen LogP contribution in [-0.4, -0.2) is 200 Å². The van der Waals surface area contributed by atoms with Crippen molar-refractivity contribution >= 4 is 70.9 Å². The number of carbonyl (C=O) groups is 12. The number of benzene rings is 1. The summed E-state index contributed by atoms with van der Waals surface area (Å²) in [6.45, 7) is 5.90. The fraction of sp³-hybridized carbons (Fsp3) is 0.591. The molecule has 0 saturated heterocycles. The van der Waals surface area contributed by atoms with Crippen molar-refractivity contribution in [2.45, 2.75) is 140 Å². The van der Waals surface area contributed by atoms with Gasteiger partial charge < -0.3 is 95.3 Å². The first-order valence-electron chi connectivity index (χ1n) is 23.0. The number of primary amides is 1. The van der Waals surface area contributed by atoms with Crippen LogP contribution in [0.2, 0.25) is 0 Å². The summed E-state index contributed by atoms with van der Waals surface area (Å²) < 4.78 is 0. The van der Waals surface area contributed by atoms with Gasteiger partial charge in [0.25, 0.3) is 0 Å². The lowest BCUT2D eigenvalue weighted by Crippen LogP contribution is -2.64. The van der Waals surface area contributed by atoms with E-state index in [9.17, 15) is 83.1 Å². The van der Waals surface area contributed by atoms with Crippen molar-refractivity contribution < 1.29 is 88.2 Å². The van der Waals surface area contributed by atoms with E-state index in [2.05, 4.69) is 53.2 Å². The molecule has 0 spiro atoms. The van der Waals surface area contributed by atoms with Crippen LogP contribution in [0, 0.1) is 5.92 Å². The number of carboxylic acids is 1. The predicted octanol–water partition coefficient (Wildman–Crippen LogP) is -9.18. The number of nitrogens with two attached hydrogens (primary N) is 2. The van der Waals surface area contributed by atoms with E-state index in [0.717, 1.165) is 20.8 Å². The molecule has 0 aromatic heterocycles. The first-order chi connectivity index (χ1) is 34.5. The number of carboxylic acid groups (broad SMARTS) is 1. The SMILES string of the molecule is CC(C)[C@H](NC(=O)[C@@H](NC(=O)[C@@H](NC(=O)[C@H](CO)NC(=O)[C@@H](NC(=O)[C@H](Cc1ccccc1)NC(=O)[C@H](CC(N)=O)NC(=O)[C@H](CO)NC(=O)CN)[C@@H](C)O)[C@@H](C)O)[C@@H](C)O)C(=O)N[C@@H](C)C(=O)N[C@@H](C)C(=O)O. The molecule has 0 fully saturated rings. The second-order valence-corrected chi connectivity index (χ2v) is 17.4. The average Bonchev–Trinajstić information content (AvgIpc) is 3.32. The first kappa shape index (κ1) is 64.6. The summed E-state index contributed by atoms with van der Waals surface area (Å²) in [5.74, 6) is -14.3. The highest BCUT2D eigenvalue weighted by molar-refractivity contribution is 6.00. The predicted molar refractivity (Wildman–Crippen MR) is 255 cm³/mol. The minimum Gasteiger partial charge on any atom is -0.480 e. The minimum absolute atomic E-state index is 0.318. The standard InChI is InChI=1S/C44H70N12O18/c1-18(2)31(40(69)47-19(3)35(64)48-20(4)44(73)74)53-42(71)34(23(7)61)56-43(72)33(22(6)60)55-39(68)28(17-58)52-41(70)32(21(5)59)54-37(66)25(13-24-11-9-8-10-12-24)50-36(65)26(14-29(46)62)51-38(67)27(16-57)49-30(63)15-45/h8-12,18-23,25-28,31-34,57-61H,13-17,45H2,1-7H3,(H2,46,62)(H,47,69)(H,48,64)(H,49,63)(H,50,65)(H,51,67)(H,52,70)(H,53,71)(H,54,66)(H,55,68)(H,56,72)(H,73,74)/t19-,20-,21+,22+,23+,25-,26-,27-,28-,31-,32-,33-,34-/m0/s1. The second kappa shape index (κ2) is 31.3. The van der Waals surface area contributed by atoms with Crippen LogP contribution in [0.25, 0.3) is 0 Å². The van der Waals surface area contributed by atoms with Crippen LogP contribution in [0.1, 0.15) is 60.5 Å². The molecule has 74 heavy (non-hydrogen) atoms. The maximum absolute atomic E-state index is 13.9. The molecule has 30 heteroatoms. The summed E-state index contributed by atoms with van der Waals surface area (Å²) >= 11 is 0. The molecule has 1 rings (SSSR count). The number of aliphatic hydroxyl groups is 5. The molecular weight excluding hydrogens is 985 g/mol. The lowest BCUT2D eigenvalue weighted by atomic mass is 10.0. The summed E-state index contributed by atoms with van der Waals surface area (Å²) in [7, 11) is 0. The molecule has 0 aliphatic heterocycles. The van der Waals surface area contributed by atoms with Gasteiger partial charge in [0.15, 0.2) is 0 Å². The molecule has 0 aliphatic carbocycles. The molecule has 1 aromatic carbocycles. The molecule has 0 bridgehead atoms. The summed E-state index contributed by atoms with van der Waals surface area (Å²) in [5, 5.41) is 82.7. The Labute approximate surface area is 424 Å². The van der Waals surface area contributed by atoms with Crippen molar-refractivity contribution in [2.24, 2.45) is 17.4 Å². The molecule has 20 N–H and O–H groups in total. The zero-order valence-corrected chi connectivity index (χ0v) is 41.7. The van der Waals surface area contributed by atoms with Gasteiger partial charge in [0.05, 0.1) is 44.5 Å². The number of nitrogens with one attached hydrogen (secondary N) is 10. The van der Waals surface area contributed by atoms with Gasteiger partial charge in [-0.25, -0.2) is 0 Å². The van der Waals surface area contributed by atoms with E-state index in [1.54, 1.807) is 30.3 Å². The third kappa shape index (κ3) is 21.4. The van der Waals surface area contributed by atoms with Crippen LogP contribution in [0.3, 0.4) is 0 Å². The Morgan fingerprint density at radius 3 is 1.26 bits per heavy atom. The largest absolute Gasteiger partial charge is 0.480 e. The molecular formula is C44H70N12O18. The van der Waals surface area contributed by atoms with Crippen LogP contribution in [0.4, 0.5) is 0 Å². The topological polar surface area (TPSA) is 499 Å². The van der Waals surface area contributed by atoms with Gasteiger partial charge in [-0.3, -0.25) is 57.5 Å². The van der Waals surface area contributed by atoms with Gasteiger partial charge in [-0.15, -0.1) is 0 Å². The van der Waals surface area contributed by atoms with Crippen LogP contribution < -0.4 is 64.6 Å². The van der Waals surface area contributed by atoms with Crippen LogP contribution >= 0.6 is 0 Å². The highest BCUT2D eigenvalue weighted by atomic mass is 16.4. The average molecular weight is 1060 g/mol. The molecule has 30 nitrogen and oxygen atoms in total. The maximum atomic E-state index is 13.9. The summed E-state index contributed by atoms with van der Waals surface area (Å²) in [6.07, 6.45) is -6.41. The lowest BCUT2D eigenvalue weighted by Gasteiger charge is -2.30. The molecule has 0 saturated carbocycles. The molecule has 0 heterocycles. The third-order valence-electron chi connectivity index (χ3n) is 10.7. The summed E-state index contributed by atoms with van der Waals surface area (Å²) in [4.78, 5) is 155. The zero-order valence-electron chi connectivity index (χ0n) is 41.7. The Morgan fingerprint density at radius 1 is 0.459 bits per heavy atom. The molecule has 0 aliphatic rings. The molecule has 0 radical (unpaired) electrons. The highest BCUT2D eigenvalue weighted by Gasteiger charge is 2.38. The number of amides is 11. The molecule has 13 atom stereocenters. The van der Waals surface area contributed by atoms with Crippen LogP contribution in [0.5, 0.6) is 0 Å². The van der Waals surface area contributed by atoms with Gasteiger partial charge in [0, 0.05) is 6.42 Å². The van der Waals surface area contributed by atoms with E-state index in [-0.39, 0.29) is 6.42 Å². The van der Waals surface area contributed by atoms with E-state index in [1.165, 1.54) is 27.7 Å². The Morgan fingerprint density at radius 2 is 0.824 bits per heavy atom. The Kier molecular flexibility index (Phi) is 27.3. The zero-order chi connectivity index (χ0) is 56.7. The quantitative estimate of drug-likeness (QED) is 0.0328. The fourth-order valence-corrected chi connectivity index (χ4v) is 6.43. The number of hydrogen-bond donors (Lipinski definition) is 18. The molecule has 1 aromatic rings. The van der Waals surface area contributed by atoms with Crippen LogP contribution in [0.15, 0.2) is 30.3 Å². The van der Waals surface area contributed by atoms with Gasteiger partial charge in [-0.1, -0.05) is 44.2 Å². The van der Waals surface area contributed by atoms with Crippen molar-refractivity contribution in [1.82, 2.24) is 53.2 Å². The Hall–Kier alpha value is -7.38. The van der Waals surface area contributed by atoms with Crippen molar-refractivity contribution in [1.29, 1.82) is 0 Å². The monoisotopic (exact) mass is 1050 g/mol. The molecule has 414 valence electrons. The van der Waals surface area contributed by atoms with E-state index in [4.69, 9.17) is 16.6 Å². The number of carbonyl (C=O) groups excluding carboxylic acids is 11. The number of aliphatic hydroxyl groups excluding tert-OH is 5. The molecule has 0 unspecified atom stereocenters. The summed E-state index contributed by atoms with van der Waals surface area (Å²) in [5.41, 5.74) is 11.0. The smallest absolute Gasteiger partial charge is 0.325 e. The van der Waals surface area contributed by atoms with Gasteiger partial charge in [0.2, 0.25) is 65.0 Å². The van der Waals surface area contributed by atoms with Crippen molar-refractivity contribution in [2.75, 3.05) is 19.8 Å².